The van der Waals surface area contributed by atoms with Gasteiger partial charge >= 0.3 is 6.03 Å². The van der Waals surface area contributed by atoms with Crippen molar-refractivity contribution in [2.75, 3.05) is 5.32 Å². The number of fused-ring (bicyclic) bond motifs is 5. The van der Waals surface area contributed by atoms with Crippen molar-refractivity contribution in [1.29, 1.82) is 0 Å². The molecule has 1 aromatic heterocycles. The Bertz CT molecular complexity index is 1040. The van der Waals surface area contributed by atoms with Crippen LogP contribution in [0.4, 0.5) is 9.93 Å². The minimum Gasteiger partial charge on any atom is -0.317 e. The zero-order valence-corrected chi connectivity index (χ0v) is 18.5. The fraction of sp³-hybridized carbons (Fsp3) is 0.435. The van der Waals surface area contributed by atoms with Crippen LogP contribution in [0.15, 0.2) is 42.5 Å². The summed E-state index contributed by atoms with van der Waals surface area (Å²) < 4.78 is 0. The predicted octanol–water partition coefficient (Wildman–Crippen LogP) is 2.99. The predicted molar refractivity (Wildman–Crippen MR) is 120 cm³/mol. The number of carbonyl (C=O) groups excluding carboxylic acids is 3. The summed E-state index contributed by atoms with van der Waals surface area (Å²) in [6, 6.07) is 9.04. The molecule has 2 fully saturated rings. The number of aromatic nitrogens is 2. The topological polar surface area (TPSA) is 104 Å². The monoisotopic (exact) mass is 451 g/mol. The Kier molecular flexibility index (Phi) is 5.50. The molecule has 1 aromatic carbocycles. The molecule has 5 rings (SSSR count). The number of hydrogen-bond acceptors (Lipinski definition) is 6. The number of aryl methyl sites for hydroxylation is 1. The highest BCUT2D eigenvalue weighted by molar-refractivity contribution is 7.15. The van der Waals surface area contributed by atoms with E-state index in [1.54, 1.807) is 0 Å². The van der Waals surface area contributed by atoms with Crippen LogP contribution in [0.25, 0.3) is 0 Å². The van der Waals surface area contributed by atoms with Gasteiger partial charge < -0.3 is 5.32 Å². The van der Waals surface area contributed by atoms with E-state index in [-0.39, 0.29) is 35.5 Å². The molecule has 5 atom stereocenters. The van der Waals surface area contributed by atoms with E-state index in [0.29, 0.717) is 11.6 Å². The quantitative estimate of drug-likeness (QED) is 0.497. The van der Waals surface area contributed by atoms with Gasteiger partial charge in [-0.05, 0) is 30.2 Å². The largest absolute Gasteiger partial charge is 0.322 e. The lowest BCUT2D eigenvalue weighted by Crippen LogP contribution is -2.53. The molecular formula is C23H25N5O3S. The molecule has 2 bridgehead atoms. The van der Waals surface area contributed by atoms with E-state index in [2.05, 4.69) is 39.9 Å². The molecule has 8 nitrogen and oxygen atoms in total. The third-order valence-electron chi connectivity index (χ3n) is 6.54. The van der Waals surface area contributed by atoms with Crippen molar-refractivity contribution >= 4 is 34.3 Å². The van der Waals surface area contributed by atoms with Gasteiger partial charge in [-0.25, -0.2) is 4.79 Å². The van der Waals surface area contributed by atoms with Crippen LogP contribution in [0.1, 0.15) is 30.3 Å². The summed E-state index contributed by atoms with van der Waals surface area (Å²) in [4.78, 5) is 40.7. The Labute approximate surface area is 190 Å². The molecule has 1 aliphatic heterocycles. The molecule has 1 saturated carbocycles. The van der Waals surface area contributed by atoms with Gasteiger partial charge in [0.15, 0.2) is 0 Å². The molecule has 2 N–H and O–H groups in total. The lowest BCUT2D eigenvalue weighted by molar-refractivity contribution is -0.143. The number of carbonyl (C=O) groups is 3. The molecule has 2 aromatic rings. The number of likely N-dealkylation sites (tertiary alicyclic amines) is 1. The van der Waals surface area contributed by atoms with E-state index < -0.39 is 12.2 Å². The number of hydrogen-bond donors (Lipinski definition) is 2. The minimum absolute atomic E-state index is 0.121. The van der Waals surface area contributed by atoms with Crippen LogP contribution in [-0.4, -0.2) is 39.1 Å². The fourth-order valence-corrected chi connectivity index (χ4v) is 6.02. The molecular weight excluding hydrogens is 426 g/mol. The first-order chi connectivity index (χ1) is 15.5. The van der Waals surface area contributed by atoms with E-state index in [1.165, 1.54) is 16.2 Å². The first-order valence-electron chi connectivity index (χ1n) is 11.0. The van der Waals surface area contributed by atoms with Crippen molar-refractivity contribution in [3.8, 4) is 0 Å². The lowest BCUT2D eigenvalue weighted by atomic mass is 9.85. The van der Waals surface area contributed by atoms with E-state index in [0.717, 1.165) is 29.8 Å². The molecule has 2 aliphatic carbocycles. The Balaban J connectivity index is 1.35. The van der Waals surface area contributed by atoms with Crippen LogP contribution >= 0.6 is 11.3 Å². The van der Waals surface area contributed by atoms with Crippen LogP contribution in [-0.2, 0) is 22.4 Å². The van der Waals surface area contributed by atoms with E-state index >= 15 is 0 Å². The molecule has 1 saturated heterocycles. The molecule has 3 aliphatic rings. The first-order valence-corrected chi connectivity index (χ1v) is 11.9. The van der Waals surface area contributed by atoms with Crippen LogP contribution < -0.4 is 10.6 Å². The standard InChI is InChI=1S/C23H25N5O3S/c1-2-6-17-26-27-23(32-17)25-22(31)24-16(11-13-7-4-3-5-8-13)28-20(29)18-14-9-10-15(12-14)19(18)21(28)30/h3-5,7-10,14-16,18-19H,2,6,11-12H2,1H3,(H2,24,25,27,31). The smallest absolute Gasteiger partial charge is 0.317 e. The molecule has 0 spiro atoms. The maximum absolute atomic E-state index is 13.3. The SMILES string of the molecule is CCCc1nnc(NC(=O)NC(Cc2ccccc2)N2C(=O)C3C4C=CC(C4)C3C2=O)s1. The summed E-state index contributed by atoms with van der Waals surface area (Å²) in [6.45, 7) is 2.05. The highest BCUT2D eigenvalue weighted by Gasteiger charge is 2.60. The summed E-state index contributed by atoms with van der Waals surface area (Å²) in [7, 11) is 0. The number of amides is 4. The Morgan fingerprint density at radius 1 is 1.12 bits per heavy atom. The molecule has 2 heterocycles. The number of nitrogens with one attached hydrogen (secondary N) is 2. The Morgan fingerprint density at radius 2 is 1.81 bits per heavy atom. The number of imide groups is 1. The summed E-state index contributed by atoms with van der Waals surface area (Å²) >= 11 is 1.32. The fourth-order valence-electron chi connectivity index (χ4n) is 5.18. The molecule has 4 amide bonds. The second-order valence-electron chi connectivity index (χ2n) is 8.60. The molecule has 166 valence electrons. The van der Waals surface area contributed by atoms with Crippen molar-refractivity contribution in [3.05, 3.63) is 53.1 Å². The van der Waals surface area contributed by atoms with Gasteiger partial charge in [0.2, 0.25) is 16.9 Å². The maximum atomic E-state index is 13.3. The van der Waals surface area contributed by atoms with Crippen LogP contribution in [0.2, 0.25) is 0 Å². The molecule has 5 unspecified atom stereocenters. The summed E-state index contributed by atoms with van der Waals surface area (Å²) in [5.41, 5.74) is 0.928. The zero-order chi connectivity index (χ0) is 22.2. The van der Waals surface area contributed by atoms with Gasteiger partial charge in [-0.2, -0.15) is 0 Å². The molecule has 32 heavy (non-hydrogen) atoms. The first kappa shape index (κ1) is 20.8. The number of urea groups is 1. The van der Waals surface area contributed by atoms with Crippen LogP contribution in [0, 0.1) is 23.7 Å². The average Bonchev–Trinajstić information content (AvgIpc) is 3.54. The number of benzene rings is 1. The number of allylic oxidation sites excluding steroid dienone is 2. The van der Waals surface area contributed by atoms with Gasteiger partial charge in [-0.3, -0.25) is 19.8 Å². The van der Waals surface area contributed by atoms with Crippen molar-refractivity contribution in [3.63, 3.8) is 0 Å². The van der Waals surface area contributed by atoms with Gasteiger partial charge in [0.1, 0.15) is 11.2 Å². The Hall–Kier alpha value is -3.07. The van der Waals surface area contributed by atoms with Gasteiger partial charge in [0.25, 0.3) is 0 Å². The number of nitrogens with zero attached hydrogens (tertiary/aromatic N) is 3. The average molecular weight is 452 g/mol. The van der Waals surface area contributed by atoms with Crippen LogP contribution in [0.5, 0.6) is 0 Å². The summed E-state index contributed by atoms with van der Waals surface area (Å²) in [5.74, 6) is -0.730. The third-order valence-corrected chi connectivity index (χ3v) is 7.44. The van der Waals surface area contributed by atoms with Gasteiger partial charge in [0, 0.05) is 12.8 Å². The highest BCUT2D eigenvalue weighted by atomic mass is 32.1. The summed E-state index contributed by atoms with van der Waals surface area (Å²) in [6.07, 6.45) is 6.31. The van der Waals surface area contributed by atoms with E-state index in [4.69, 9.17) is 0 Å². The van der Waals surface area contributed by atoms with E-state index in [9.17, 15) is 14.4 Å². The lowest BCUT2D eigenvalue weighted by Gasteiger charge is -2.28. The molecule has 0 radical (unpaired) electrons. The number of anilines is 1. The Morgan fingerprint density at radius 3 is 2.47 bits per heavy atom. The minimum atomic E-state index is -0.773. The zero-order valence-electron chi connectivity index (χ0n) is 17.7. The van der Waals surface area contributed by atoms with Crippen molar-refractivity contribution in [2.45, 2.75) is 38.8 Å². The normalized spacial score (nSPS) is 26.5. The van der Waals surface area contributed by atoms with Crippen molar-refractivity contribution in [2.24, 2.45) is 23.7 Å². The highest BCUT2D eigenvalue weighted by Crippen LogP contribution is 2.52. The molecule has 9 heteroatoms. The van der Waals surface area contributed by atoms with Crippen molar-refractivity contribution < 1.29 is 14.4 Å². The maximum Gasteiger partial charge on any atom is 0.322 e. The van der Waals surface area contributed by atoms with Crippen molar-refractivity contribution in [1.82, 2.24) is 20.4 Å². The van der Waals surface area contributed by atoms with Gasteiger partial charge in [0.05, 0.1) is 11.8 Å². The number of rotatable bonds is 7. The summed E-state index contributed by atoms with van der Waals surface area (Å²) in [5, 5.41) is 14.9. The van der Waals surface area contributed by atoms with Gasteiger partial charge in [-0.15, -0.1) is 10.2 Å². The second kappa shape index (κ2) is 8.46. The third kappa shape index (κ3) is 3.70. The van der Waals surface area contributed by atoms with Crippen LogP contribution in [0.3, 0.4) is 0 Å². The van der Waals surface area contributed by atoms with Gasteiger partial charge in [-0.1, -0.05) is 60.7 Å². The van der Waals surface area contributed by atoms with E-state index in [1.807, 2.05) is 30.3 Å². The second-order valence-corrected chi connectivity index (χ2v) is 9.66.